The van der Waals surface area contributed by atoms with Gasteiger partial charge in [0.1, 0.15) is 5.75 Å². The van der Waals surface area contributed by atoms with E-state index in [4.69, 9.17) is 9.73 Å². The summed E-state index contributed by atoms with van der Waals surface area (Å²) in [4.78, 5) is 21.3. The summed E-state index contributed by atoms with van der Waals surface area (Å²) in [7, 11) is 0. The minimum Gasteiger partial charge on any atom is -0.490 e. The molecule has 1 aliphatic carbocycles. The number of hydrogen-bond acceptors (Lipinski definition) is 4. The van der Waals surface area contributed by atoms with E-state index in [9.17, 15) is 4.79 Å². The Bertz CT molecular complexity index is 1310. The number of anilines is 1. The van der Waals surface area contributed by atoms with E-state index >= 15 is 0 Å². The molecule has 0 aromatic heterocycles. The number of aryl methyl sites for hydroxylation is 4. The van der Waals surface area contributed by atoms with E-state index < -0.39 is 0 Å². The molecule has 0 spiro atoms. The van der Waals surface area contributed by atoms with Crippen LogP contribution >= 0.6 is 11.8 Å². The lowest BCUT2D eigenvalue weighted by Crippen LogP contribution is -2.30. The van der Waals surface area contributed by atoms with E-state index in [0.29, 0.717) is 16.2 Å². The van der Waals surface area contributed by atoms with Crippen molar-refractivity contribution in [2.75, 3.05) is 4.90 Å². The third-order valence-electron chi connectivity index (χ3n) is 6.90. The molecular formula is C31H32N2O2S. The molecule has 2 fully saturated rings. The number of amides is 1. The minimum absolute atomic E-state index is 0.0475. The second-order valence-electron chi connectivity index (χ2n) is 9.72. The van der Waals surface area contributed by atoms with Crippen LogP contribution in [0.3, 0.4) is 0 Å². The van der Waals surface area contributed by atoms with Crippen molar-refractivity contribution in [2.45, 2.75) is 59.5 Å². The van der Waals surface area contributed by atoms with E-state index in [2.05, 4.69) is 26.0 Å². The zero-order valence-electron chi connectivity index (χ0n) is 21.4. The Hall–Kier alpha value is -3.31. The number of para-hydroxylation sites is 2. The number of thioether (sulfide) groups is 1. The molecule has 1 amide bonds. The fourth-order valence-corrected chi connectivity index (χ4v) is 5.95. The van der Waals surface area contributed by atoms with Gasteiger partial charge in [0.2, 0.25) is 0 Å². The van der Waals surface area contributed by atoms with E-state index in [0.717, 1.165) is 57.8 Å². The first-order valence-corrected chi connectivity index (χ1v) is 13.4. The molecule has 5 rings (SSSR count). The number of nitrogens with zero attached hydrogens (tertiary/aromatic N) is 2. The Morgan fingerprint density at radius 2 is 1.44 bits per heavy atom. The standard InChI is InChI=1S/C31H32N2O2S/c1-20-9-7-10-21(2)28(20)32-31-33(29-22(3)11-8-12-23(29)4)30(34)27(36-31)19-24-15-17-26(18-16-24)35-25-13-5-6-14-25/h7-12,15-19,25H,5-6,13-14H2,1-4H3/b27-19+,32-31?. The summed E-state index contributed by atoms with van der Waals surface area (Å²) in [5.41, 5.74) is 7.07. The van der Waals surface area contributed by atoms with Crippen LogP contribution in [0.15, 0.2) is 70.6 Å². The molecule has 0 unspecified atom stereocenters. The highest BCUT2D eigenvalue weighted by molar-refractivity contribution is 8.19. The molecule has 0 atom stereocenters. The van der Waals surface area contributed by atoms with Crippen molar-refractivity contribution in [3.63, 3.8) is 0 Å². The second-order valence-corrected chi connectivity index (χ2v) is 10.7. The van der Waals surface area contributed by atoms with Gasteiger partial charge in [0.15, 0.2) is 5.17 Å². The van der Waals surface area contributed by atoms with Crippen LogP contribution in [-0.4, -0.2) is 17.2 Å². The molecule has 5 heteroatoms. The van der Waals surface area contributed by atoms with Crippen molar-refractivity contribution in [1.82, 2.24) is 0 Å². The number of amidine groups is 1. The van der Waals surface area contributed by atoms with Crippen molar-refractivity contribution in [1.29, 1.82) is 0 Å². The number of carbonyl (C=O) groups is 1. The topological polar surface area (TPSA) is 41.9 Å². The SMILES string of the molecule is Cc1cccc(C)c1N=C1S/C(=C/c2ccc(OC3CCCC3)cc2)C(=O)N1c1c(C)cccc1C. The number of ether oxygens (including phenoxy) is 1. The van der Waals surface area contributed by atoms with Crippen LogP contribution in [0.2, 0.25) is 0 Å². The van der Waals surface area contributed by atoms with Gasteiger partial charge in [-0.2, -0.15) is 0 Å². The van der Waals surface area contributed by atoms with Crippen molar-refractivity contribution in [3.05, 3.63) is 93.4 Å². The first-order chi connectivity index (χ1) is 17.4. The number of carbonyl (C=O) groups excluding carboxylic acids is 1. The first-order valence-electron chi connectivity index (χ1n) is 12.6. The summed E-state index contributed by atoms with van der Waals surface area (Å²) in [5.74, 6) is 0.845. The fraction of sp³-hybridized carbons (Fsp3) is 0.290. The molecule has 2 aliphatic rings. The third-order valence-corrected chi connectivity index (χ3v) is 7.87. The van der Waals surface area contributed by atoms with Gasteiger partial charge in [-0.15, -0.1) is 0 Å². The van der Waals surface area contributed by atoms with Crippen molar-refractivity contribution < 1.29 is 9.53 Å². The maximum absolute atomic E-state index is 13.8. The van der Waals surface area contributed by atoms with Gasteiger partial charge in [-0.25, -0.2) is 4.99 Å². The van der Waals surface area contributed by atoms with E-state index in [1.54, 1.807) is 4.90 Å². The van der Waals surface area contributed by atoms with Gasteiger partial charge in [0.05, 0.1) is 22.4 Å². The average molecular weight is 497 g/mol. The van der Waals surface area contributed by atoms with Gasteiger partial charge in [0, 0.05) is 0 Å². The smallest absolute Gasteiger partial charge is 0.271 e. The van der Waals surface area contributed by atoms with E-state index in [1.807, 2.05) is 68.5 Å². The van der Waals surface area contributed by atoms with Crippen LogP contribution in [0.5, 0.6) is 5.75 Å². The normalized spacial score (nSPS) is 18.6. The molecule has 3 aromatic rings. The van der Waals surface area contributed by atoms with E-state index in [-0.39, 0.29) is 5.91 Å². The van der Waals surface area contributed by atoms with Crippen LogP contribution in [-0.2, 0) is 4.79 Å². The van der Waals surface area contributed by atoms with Crippen LogP contribution < -0.4 is 9.64 Å². The van der Waals surface area contributed by atoms with Gasteiger partial charge in [0.25, 0.3) is 5.91 Å². The molecule has 1 saturated heterocycles. The van der Waals surface area contributed by atoms with Crippen molar-refractivity contribution in [3.8, 4) is 5.75 Å². The largest absolute Gasteiger partial charge is 0.490 e. The molecule has 1 saturated carbocycles. The van der Waals surface area contributed by atoms with Gasteiger partial charge in [-0.1, -0.05) is 48.5 Å². The summed E-state index contributed by atoms with van der Waals surface area (Å²) in [6.45, 7) is 8.20. The van der Waals surface area contributed by atoms with Gasteiger partial charge < -0.3 is 4.74 Å². The summed E-state index contributed by atoms with van der Waals surface area (Å²) < 4.78 is 6.11. The molecule has 36 heavy (non-hydrogen) atoms. The third kappa shape index (κ3) is 4.98. The quantitative estimate of drug-likeness (QED) is 0.336. The predicted molar refractivity (Wildman–Crippen MR) is 151 cm³/mol. The summed E-state index contributed by atoms with van der Waals surface area (Å²) in [6, 6.07) is 20.3. The van der Waals surface area contributed by atoms with Gasteiger partial charge in [-0.3, -0.25) is 9.69 Å². The Morgan fingerprint density at radius 1 is 0.861 bits per heavy atom. The van der Waals surface area contributed by atoms with Crippen LogP contribution in [0.1, 0.15) is 53.5 Å². The molecule has 184 valence electrons. The van der Waals surface area contributed by atoms with Crippen LogP contribution in [0, 0.1) is 27.7 Å². The average Bonchev–Trinajstić information content (AvgIpc) is 3.46. The lowest BCUT2D eigenvalue weighted by atomic mass is 10.1. The zero-order chi connectivity index (χ0) is 25.2. The molecule has 0 bridgehead atoms. The molecular weight excluding hydrogens is 464 g/mol. The number of benzene rings is 3. The van der Waals surface area contributed by atoms with Crippen LogP contribution in [0.25, 0.3) is 6.08 Å². The maximum Gasteiger partial charge on any atom is 0.271 e. The predicted octanol–water partition coefficient (Wildman–Crippen LogP) is 8.05. The first kappa shape index (κ1) is 24.4. The van der Waals surface area contributed by atoms with Crippen molar-refractivity contribution in [2.24, 2.45) is 4.99 Å². The van der Waals surface area contributed by atoms with Crippen LogP contribution in [0.4, 0.5) is 11.4 Å². The Kier molecular flexibility index (Phi) is 7.01. The minimum atomic E-state index is -0.0475. The highest BCUT2D eigenvalue weighted by Crippen LogP contribution is 2.40. The fourth-order valence-electron chi connectivity index (χ4n) is 4.97. The van der Waals surface area contributed by atoms with Crippen molar-refractivity contribution >= 4 is 40.3 Å². The summed E-state index contributed by atoms with van der Waals surface area (Å²) in [6.07, 6.45) is 7.05. The number of rotatable bonds is 5. The van der Waals surface area contributed by atoms with E-state index in [1.165, 1.54) is 24.6 Å². The lowest BCUT2D eigenvalue weighted by Gasteiger charge is -2.21. The molecule has 1 heterocycles. The summed E-state index contributed by atoms with van der Waals surface area (Å²) >= 11 is 1.43. The van der Waals surface area contributed by atoms with Gasteiger partial charge >= 0.3 is 0 Å². The molecule has 0 N–H and O–H groups in total. The molecule has 1 aliphatic heterocycles. The second kappa shape index (κ2) is 10.4. The molecule has 3 aromatic carbocycles. The summed E-state index contributed by atoms with van der Waals surface area (Å²) in [5, 5.41) is 0.683. The Balaban J connectivity index is 1.51. The monoisotopic (exact) mass is 496 g/mol. The zero-order valence-corrected chi connectivity index (χ0v) is 22.2. The highest BCUT2D eigenvalue weighted by atomic mass is 32.2. The Morgan fingerprint density at radius 3 is 2.06 bits per heavy atom. The number of aliphatic imine (C=N–C) groups is 1. The Labute approximate surface area is 218 Å². The maximum atomic E-state index is 13.8. The molecule has 0 radical (unpaired) electrons. The van der Waals surface area contributed by atoms with Gasteiger partial charge in [-0.05, 0) is 111 Å². The molecule has 4 nitrogen and oxygen atoms in total. The highest BCUT2D eigenvalue weighted by Gasteiger charge is 2.36. The lowest BCUT2D eigenvalue weighted by molar-refractivity contribution is -0.113. The number of hydrogen-bond donors (Lipinski definition) is 0.